The third-order valence-electron chi connectivity index (χ3n) is 11.8. The minimum Gasteiger partial charge on any atom is -0.333 e. The van der Waals surface area contributed by atoms with Crippen LogP contribution in [0.25, 0.3) is 66.1 Å². The molecule has 0 saturated heterocycles. The highest BCUT2D eigenvalue weighted by Crippen LogP contribution is 2.49. The van der Waals surface area contributed by atoms with Gasteiger partial charge in [-0.2, -0.15) is 0 Å². The maximum Gasteiger partial charge on any atom is 0.0629 e. The lowest BCUT2D eigenvalue weighted by atomic mass is 9.83. The van der Waals surface area contributed by atoms with Crippen LogP contribution < -0.4 is 4.90 Å². The molecule has 0 spiro atoms. The number of allylic oxidation sites excluding steroid dienone is 2. The van der Waals surface area contributed by atoms with Crippen molar-refractivity contribution in [2.45, 2.75) is 38.1 Å². The summed E-state index contributed by atoms with van der Waals surface area (Å²) in [7, 11) is 0. The number of rotatable bonds is 5. The fourth-order valence-electron chi connectivity index (χ4n) is 8.98. The van der Waals surface area contributed by atoms with E-state index in [1.807, 2.05) is 0 Å². The van der Waals surface area contributed by atoms with E-state index in [4.69, 9.17) is 0 Å². The average molecular weight is 706 g/mol. The Morgan fingerprint density at radius 1 is 0.418 bits per heavy atom. The summed E-state index contributed by atoms with van der Waals surface area (Å²) in [4.78, 5) is 2.49. The van der Waals surface area contributed by atoms with Gasteiger partial charge in [0.1, 0.15) is 0 Å². The number of para-hydroxylation sites is 1. The number of fused-ring (bicyclic) bond motifs is 5. The first-order chi connectivity index (χ1) is 26.9. The lowest BCUT2D eigenvalue weighted by molar-refractivity contribution is 0.590. The summed E-state index contributed by atoms with van der Waals surface area (Å²) in [6.07, 6.45) is 9.07. The van der Waals surface area contributed by atoms with E-state index in [-0.39, 0.29) is 5.41 Å². The van der Waals surface area contributed by atoms with Crippen molar-refractivity contribution in [3.8, 4) is 44.5 Å². The van der Waals surface area contributed by atoms with Crippen LogP contribution in [0.5, 0.6) is 0 Å². The van der Waals surface area contributed by atoms with Crippen LogP contribution in [0, 0.1) is 0 Å². The molecule has 0 bridgehead atoms. The number of hydrogen-bond acceptors (Lipinski definition) is 1. The van der Waals surface area contributed by atoms with Crippen molar-refractivity contribution in [3.05, 3.63) is 205 Å². The summed E-state index contributed by atoms with van der Waals surface area (Å²) in [5, 5.41) is 5.12. The summed E-state index contributed by atoms with van der Waals surface area (Å²) < 4.78 is 0. The van der Waals surface area contributed by atoms with Gasteiger partial charge in [0, 0.05) is 17.3 Å². The van der Waals surface area contributed by atoms with E-state index >= 15 is 0 Å². The monoisotopic (exact) mass is 705 g/mol. The summed E-state index contributed by atoms with van der Waals surface area (Å²) in [5.41, 5.74) is 15.4. The van der Waals surface area contributed by atoms with Crippen LogP contribution in [-0.4, -0.2) is 6.04 Å². The Hall–Kier alpha value is -6.44. The van der Waals surface area contributed by atoms with Crippen LogP contribution in [0.3, 0.4) is 0 Å². The molecule has 0 amide bonds. The van der Waals surface area contributed by atoms with Crippen molar-refractivity contribution in [2.24, 2.45) is 0 Å². The minimum atomic E-state index is 0.115. The molecule has 264 valence electrons. The van der Waals surface area contributed by atoms with Gasteiger partial charge in [0.05, 0.1) is 6.04 Å². The predicted octanol–water partition coefficient (Wildman–Crippen LogP) is 14.7. The van der Waals surface area contributed by atoms with Gasteiger partial charge in [-0.3, -0.25) is 0 Å². The Labute approximate surface area is 324 Å². The third-order valence-corrected chi connectivity index (χ3v) is 11.8. The number of hydrogen-bond donors (Lipinski definition) is 0. The smallest absolute Gasteiger partial charge is 0.0629 e. The molecule has 2 atom stereocenters. The van der Waals surface area contributed by atoms with Gasteiger partial charge in [-0.05, 0) is 107 Å². The Morgan fingerprint density at radius 2 is 0.855 bits per heavy atom. The highest BCUT2D eigenvalue weighted by Gasteiger charge is 2.37. The molecule has 0 radical (unpaired) electrons. The quantitative estimate of drug-likeness (QED) is 0.161. The first-order valence-corrected chi connectivity index (χ1v) is 19.5. The second-order valence-electron chi connectivity index (χ2n) is 16.1. The molecule has 0 saturated carbocycles. The Bertz CT molecular complexity index is 2700. The van der Waals surface area contributed by atoms with Crippen LogP contribution in [-0.2, 0) is 5.41 Å². The first kappa shape index (κ1) is 33.2. The summed E-state index contributed by atoms with van der Waals surface area (Å²) in [5.74, 6) is 0.336. The van der Waals surface area contributed by atoms with Gasteiger partial charge in [0.15, 0.2) is 0 Å². The molecular weight excluding hydrogens is 663 g/mol. The maximum atomic E-state index is 2.49. The van der Waals surface area contributed by atoms with E-state index in [0.717, 1.165) is 0 Å². The van der Waals surface area contributed by atoms with E-state index in [2.05, 4.69) is 220 Å². The van der Waals surface area contributed by atoms with E-state index < -0.39 is 0 Å². The number of anilines is 2. The second-order valence-corrected chi connectivity index (χ2v) is 16.1. The first-order valence-electron chi connectivity index (χ1n) is 19.5. The molecule has 2 unspecified atom stereocenters. The van der Waals surface area contributed by atoms with Crippen molar-refractivity contribution in [3.63, 3.8) is 0 Å². The average Bonchev–Trinajstić information content (AvgIpc) is 3.57. The van der Waals surface area contributed by atoms with Gasteiger partial charge in [-0.15, -0.1) is 0 Å². The van der Waals surface area contributed by atoms with Gasteiger partial charge >= 0.3 is 0 Å². The number of benzene rings is 8. The molecular formula is C54H43N. The Kier molecular flexibility index (Phi) is 7.92. The fourth-order valence-corrected chi connectivity index (χ4v) is 8.98. The third kappa shape index (κ3) is 5.70. The number of nitrogens with zero attached hydrogens (tertiary/aromatic N) is 1. The van der Waals surface area contributed by atoms with Crippen LogP contribution in [0.1, 0.15) is 37.8 Å². The maximum absolute atomic E-state index is 2.49. The predicted molar refractivity (Wildman–Crippen MR) is 235 cm³/mol. The molecule has 1 aliphatic carbocycles. The largest absolute Gasteiger partial charge is 0.333 e. The molecule has 0 aromatic heterocycles. The molecule has 8 aromatic rings. The van der Waals surface area contributed by atoms with Gasteiger partial charge in [-0.25, -0.2) is 0 Å². The lowest BCUT2D eigenvalue weighted by Gasteiger charge is -2.28. The summed E-state index contributed by atoms with van der Waals surface area (Å²) >= 11 is 0. The van der Waals surface area contributed by atoms with E-state index in [1.165, 1.54) is 88.6 Å². The van der Waals surface area contributed by atoms with Gasteiger partial charge in [0.2, 0.25) is 0 Å². The van der Waals surface area contributed by atoms with Crippen LogP contribution in [0.2, 0.25) is 0 Å². The van der Waals surface area contributed by atoms with Crippen molar-refractivity contribution in [1.82, 2.24) is 0 Å². The summed E-state index contributed by atoms with van der Waals surface area (Å²) in [6.45, 7) is 6.83. The Morgan fingerprint density at radius 3 is 1.38 bits per heavy atom. The van der Waals surface area contributed by atoms with E-state index in [9.17, 15) is 0 Å². The van der Waals surface area contributed by atoms with Crippen molar-refractivity contribution >= 4 is 32.9 Å². The van der Waals surface area contributed by atoms with Crippen molar-refractivity contribution < 1.29 is 0 Å². The van der Waals surface area contributed by atoms with E-state index in [0.29, 0.717) is 12.0 Å². The van der Waals surface area contributed by atoms with Crippen LogP contribution >= 0.6 is 0 Å². The van der Waals surface area contributed by atoms with Crippen molar-refractivity contribution in [1.29, 1.82) is 0 Å². The molecule has 1 aliphatic heterocycles. The molecule has 8 aromatic carbocycles. The normalized spacial score (nSPS) is 16.1. The topological polar surface area (TPSA) is 3.24 Å². The van der Waals surface area contributed by atoms with Gasteiger partial charge < -0.3 is 4.90 Å². The van der Waals surface area contributed by atoms with Crippen LogP contribution in [0.4, 0.5) is 11.4 Å². The Balaban J connectivity index is 0.980. The van der Waals surface area contributed by atoms with Gasteiger partial charge in [0.25, 0.3) is 0 Å². The molecule has 0 fully saturated rings. The highest BCUT2D eigenvalue weighted by atomic mass is 15.2. The second kappa shape index (κ2) is 13.1. The molecule has 2 aliphatic rings. The molecule has 10 rings (SSSR count). The van der Waals surface area contributed by atoms with E-state index in [1.54, 1.807) is 0 Å². The van der Waals surface area contributed by atoms with Crippen molar-refractivity contribution in [2.75, 3.05) is 4.90 Å². The molecule has 1 heteroatoms. The van der Waals surface area contributed by atoms with Crippen LogP contribution in [0.15, 0.2) is 194 Å². The minimum absolute atomic E-state index is 0.115. The SMILES string of the molecule is CC(C)(C)c1ccc(-c2c3ccccc3c(-c3ccc(-c4ccc(-c5ccc6c(c5)C5C=CC=CC5N6c5ccccc5)cc4)cc3)c3ccccc23)cc1. The van der Waals surface area contributed by atoms with Gasteiger partial charge in [-0.1, -0.05) is 191 Å². The zero-order valence-corrected chi connectivity index (χ0v) is 31.6. The highest BCUT2D eigenvalue weighted by molar-refractivity contribution is 6.21. The zero-order valence-electron chi connectivity index (χ0n) is 31.6. The fraction of sp³-hybridized carbons (Fsp3) is 0.111. The molecule has 0 N–H and O–H groups in total. The summed E-state index contributed by atoms with van der Waals surface area (Å²) in [6, 6.07) is 63.4. The lowest BCUT2D eigenvalue weighted by Crippen LogP contribution is -2.28. The molecule has 1 nitrogen and oxygen atoms in total. The zero-order chi connectivity index (χ0) is 37.1. The molecule has 1 heterocycles. The standard InChI is InChI=1S/C54H43N/c1-54(2,3)42-32-29-40(30-33-42)53-47-18-9-7-16-45(47)52(46-17-8-10-19-48(46)53)39-27-25-37(26-28-39)36-21-23-38(24-22-36)41-31-34-51-49(35-41)44-15-11-12-20-50(44)55(51)43-13-5-4-6-14-43/h4-35,44,50H,1-3H3. The molecule has 55 heavy (non-hydrogen) atoms.